The van der Waals surface area contributed by atoms with Crippen molar-refractivity contribution >= 4 is 10.0 Å². The molecule has 1 aliphatic heterocycles. The second kappa shape index (κ2) is 6.45. The van der Waals surface area contributed by atoms with Crippen LogP contribution >= 0.6 is 0 Å². The first-order valence-electron chi connectivity index (χ1n) is 7.77. The van der Waals surface area contributed by atoms with Gasteiger partial charge in [-0.15, -0.1) is 0 Å². The topological polar surface area (TPSA) is 55.2 Å². The maximum absolute atomic E-state index is 12.4. The van der Waals surface area contributed by atoms with Crippen molar-refractivity contribution in [2.45, 2.75) is 25.1 Å². The first-order valence-corrected chi connectivity index (χ1v) is 9.37. The average molecular weight is 373 g/mol. The van der Waals surface area contributed by atoms with E-state index in [2.05, 4.69) is 5.10 Å². The zero-order valence-corrected chi connectivity index (χ0v) is 14.4. The van der Waals surface area contributed by atoms with Crippen molar-refractivity contribution in [1.29, 1.82) is 0 Å². The summed E-state index contributed by atoms with van der Waals surface area (Å²) in [4.78, 5) is 0. The summed E-state index contributed by atoms with van der Waals surface area (Å²) in [6.07, 6.45) is -2.38. The highest BCUT2D eigenvalue weighted by Gasteiger charge is 2.36. The highest BCUT2D eigenvalue weighted by Crippen LogP contribution is 2.35. The summed E-state index contributed by atoms with van der Waals surface area (Å²) in [6, 6.07) is 7.40. The molecule has 1 aromatic carbocycles. The van der Waals surface area contributed by atoms with Crippen LogP contribution in [0.5, 0.6) is 0 Å². The normalized spacial score (nSPS) is 19.0. The van der Waals surface area contributed by atoms with Gasteiger partial charge < -0.3 is 0 Å². The zero-order valence-electron chi connectivity index (χ0n) is 13.6. The monoisotopic (exact) mass is 373 g/mol. The fourth-order valence-electron chi connectivity index (χ4n) is 3.07. The summed E-state index contributed by atoms with van der Waals surface area (Å²) in [5.41, 5.74) is 2.63. The Morgan fingerprint density at radius 2 is 2.00 bits per heavy atom. The van der Waals surface area contributed by atoms with Gasteiger partial charge in [-0.3, -0.25) is 4.68 Å². The number of aromatic nitrogens is 2. The molecule has 1 aliphatic rings. The van der Waals surface area contributed by atoms with Crippen LogP contribution in [-0.2, 0) is 23.6 Å². The van der Waals surface area contributed by atoms with Gasteiger partial charge >= 0.3 is 6.18 Å². The predicted molar refractivity (Wildman–Crippen MR) is 86.4 cm³/mol. The minimum atomic E-state index is -4.50. The number of aryl methyl sites for hydroxylation is 1. The van der Waals surface area contributed by atoms with Gasteiger partial charge in [0.2, 0.25) is 10.0 Å². The molecule has 5 nitrogen and oxygen atoms in total. The first-order chi connectivity index (χ1) is 11.7. The molecule has 0 saturated heterocycles. The van der Waals surface area contributed by atoms with Gasteiger partial charge in [-0.25, -0.2) is 8.42 Å². The Morgan fingerprint density at radius 1 is 1.28 bits per heavy atom. The van der Waals surface area contributed by atoms with Gasteiger partial charge in [0.25, 0.3) is 0 Å². The predicted octanol–water partition coefficient (Wildman–Crippen LogP) is 2.65. The third kappa shape index (κ3) is 4.04. The van der Waals surface area contributed by atoms with E-state index in [9.17, 15) is 21.6 Å². The number of rotatable bonds is 4. The SMILES string of the molecule is Cn1cc([C@@H]2CN(S(=O)(=O)CCC(F)(F)F)Cc3ccccc32)cn1. The molecule has 0 unspecified atom stereocenters. The van der Waals surface area contributed by atoms with Gasteiger partial charge in [-0.1, -0.05) is 24.3 Å². The Hall–Kier alpha value is -1.87. The Morgan fingerprint density at radius 3 is 2.64 bits per heavy atom. The van der Waals surface area contributed by atoms with Crippen molar-refractivity contribution in [2.24, 2.45) is 7.05 Å². The van der Waals surface area contributed by atoms with Gasteiger partial charge in [0.05, 0.1) is 18.4 Å². The standard InChI is InChI=1S/C16H18F3N3O2S/c1-21-9-13(8-20-21)15-11-22(10-12-4-2-3-5-14(12)15)25(23,24)7-6-16(17,18)19/h2-5,8-9,15H,6-7,10-11H2,1H3/t15-/m0/s1. The van der Waals surface area contributed by atoms with E-state index in [0.29, 0.717) is 0 Å². The van der Waals surface area contributed by atoms with Crippen molar-refractivity contribution in [3.8, 4) is 0 Å². The lowest BCUT2D eigenvalue weighted by Crippen LogP contribution is -2.40. The molecule has 1 aromatic heterocycles. The molecule has 0 amide bonds. The fourth-order valence-corrected chi connectivity index (χ4v) is 4.53. The molecule has 0 fully saturated rings. The summed E-state index contributed by atoms with van der Waals surface area (Å²) in [7, 11) is -2.25. The summed E-state index contributed by atoms with van der Waals surface area (Å²) in [6.45, 7) is 0.204. The molecule has 136 valence electrons. The molecule has 1 atom stereocenters. The molecular formula is C16H18F3N3O2S. The zero-order chi connectivity index (χ0) is 18.2. The van der Waals surface area contributed by atoms with Gasteiger partial charge in [0, 0.05) is 32.3 Å². The van der Waals surface area contributed by atoms with E-state index in [1.807, 2.05) is 18.2 Å². The van der Waals surface area contributed by atoms with Gasteiger partial charge in [-0.2, -0.15) is 22.6 Å². The van der Waals surface area contributed by atoms with Crippen molar-refractivity contribution in [2.75, 3.05) is 12.3 Å². The van der Waals surface area contributed by atoms with Crippen LogP contribution in [-0.4, -0.2) is 41.0 Å². The molecule has 0 aliphatic carbocycles. The Labute approximate surface area is 144 Å². The summed E-state index contributed by atoms with van der Waals surface area (Å²) < 4.78 is 65.0. The van der Waals surface area contributed by atoms with Gasteiger partial charge in [-0.05, 0) is 16.7 Å². The van der Waals surface area contributed by atoms with E-state index in [-0.39, 0.29) is 19.0 Å². The molecule has 0 saturated carbocycles. The van der Waals surface area contributed by atoms with E-state index in [1.165, 1.54) is 0 Å². The molecule has 0 radical (unpaired) electrons. The van der Waals surface area contributed by atoms with Crippen LogP contribution in [0.1, 0.15) is 29.0 Å². The summed E-state index contributed by atoms with van der Waals surface area (Å²) in [5, 5.41) is 4.12. The number of nitrogens with zero attached hydrogens (tertiary/aromatic N) is 3. The van der Waals surface area contributed by atoms with Crippen molar-refractivity contribution in [3.05, 3.63) is 53.3 Å². The van der Waals surface area contributed by atoms with Gasteiger partial charge in [0.15, 0.2) is 0 Å². The van der Waals surface area contributed by atoms with E-state index in [0.717, 1.165) is 21.0 Å². The minimum absolute atomic E-state index is 0.0904. The summed E-state index contributed by atoms with van der Waals surface area (Å²) >= 11 is 0. The number of benzene rings is 1. The number of hydrogen-bond donors (Lipinski definition) is 0. The molecule has 0 bridgehead atoms. The maximum Gasteiger partial charge on any atom is 0.390 e. The van der Waals surface area contributed by atoms with Crippen LogP contribution in [0.15, 0.2) is 36.7 Å². The lowest BCUT2D eigenvalue weighted by Gasteiger charge is -2.33. The highest BCUT2D eigenvalue weighted by atomic mass is 32.2. The number of halogens is 3. The lowest BCUT2D eigenvalue weighted by molar-refractivity contribution is -0.130. The highest BCUT2D eigenvalue weighted by molar-refractivity contribution is 7.89. The molecular weight excluding hydrogens is 355 g/mol. The molecule has 3 rings (SSSR count). The lowest BCUT2D eigenvalue weighted by atomic mass is 9.87. The molecule has 9 heteroatoms. The molecule has 0 spiro atoms. The maximum atomic E-state index is 12.4. The Kier molecular flexibility index (Phi) is 4.63. The molecule has 2 aromatic rings. The van der Waals surface area contributed by atoms with Crippen LogP contribution in [0.2, 0.25) is 0 Å². The van der Waals surface area contributed by atoms with Crippen molar-refractivity contribution in [1.82, 2.24) is 14.1 Å². The number of fused-ring (bicyclic) bond motifs is 1. The molecule has 2 heterocycles. The van der Waals surface area contributed by atoms with Crippen LogP contribution in [0.4, 0.5) is 13.2 Å². The van der Waals surface area contributed by atoms with Crippen molar-refractivity contribution < 1.29 is 21.6 Å². The number of hydrogen-bond acceptors (Lipinski definition) is 3. The van der Waals surface area contributed by atoms with Crippen molar-refractivity contribution in [3.63, 3.8) is 0 Å². The van der Waals surface area contributed by atoms with E-state index >= 15 is 0 Å². The van der Waals surface area contributed by atoms with Crippen LogP contribution in [0.3, 0.4) is 0 Å². The van der Waals surface area contributed by atoms with Crippen LogP contribution < -0.4 is 0 Å². The third-order valence-electron chi connectivity index (χ3n) is 4.33. The number of sulfonamides is 1. The van der Waals surface area contributed by atoms with Crippen LogP contribution in [0, 0.1) is 0 Å². The van der Waals surface area contributed by atoms with Crippen LogP contribution in [0.25, 0.3) is 0 Å². The Bertz CT molecular complexity index is 862. The average Bonchev–Trinajstić information content (AvgIpc) is 2.98. The number of alkyl halides is 3. The smallest absolute Gasteiger partial charge is 0.276 e. The quantitative estimate of drug-likeness (QED) is 0.828. The largest absolute Gasteiger partial charge is 0.390 e. The third-order valence-corrected chi connectivity index (χ3v) is 6.11. The van der Waals surface area contributed by atoms with E-state index in [1.54, 1.807) is 30.2 Å². The first kappa shape index (κ1) is 17.9. The fraction of sp³-hybridized carbons (Fsp3) is 0.438. The molecule has 25 heavy (non-hydrogen) atoms. The Balaban J connectivity index is 1.91. The van der Waals surface area contributed by atoms with E-state index in [4.69, 9.17) is 0 Å². The minimum Gasteiger partial charge on any atom is -0.276 e. The van der Waals surface area contributed by atoms with E-state index < -0.39 is 28.4 Å². The molecule has 0 N–H and O–H groups in total. The second-order valence-electron chi connectivity index (χ2n) is 6.17. The van der Waals surface area contributed by atoms with Gasteiger partial charge in [0.1, 0.15) is 0 Å². The summed E-state index contributed by atoms with van der Waals surface area (Å²) in [5.74, 6) is -1.18. The second-order valence-corrected chi connectivity index (χ2v) is 8.26.